The Labute approximate surface area is 129 Å². The van der Waals surface area contributed by atoms with E-state index in [1.54, 1.807) is 15.8 Å². The molecule has 2 heterocycles. The van der Waals surface area contributed by atoms with Gasteiger partial charge in [0.25, 0.3) is 5.91 Å². The first-order valence-electron chi connectivity index (χ1n) is 7.72. The van der Waals surface area contributed by atoms with Crippen molar-refractivity contribution in [3.8, 4) is 0 Å². The van der Waals surface area contributed by atoms with E-state index in [0.29, 0.717) is 37.8 Å². The quantitative estimate of drug-likeness (QED) is 0.840. The summed E-state index contributed by atoms with van der Waals surface area (Å²) >= 11 is 1.43. The van der Waals surface area contributed by atoms with Crippen LogP contribution in [0.5, 0.6) is 0 Å². The molecule has 0 aromatic carbocycles. The predicted octanol–water partition coefficient (Wildman–Crippen LogP) is 2.01. The maximum Gasteiger partial charge on any atom is 0.273 e. The molecule has 1 aliphatic carbocycles. The summed E-state index contributed by atoms with van der Waals surface area (Å²) in [6, 6.07) is 0. The summed E-state index contributed by atoms with van der Waals surface area (Å²) < 4.78 is 0. The Kier molecular flexibility index (Phi) is 4.53. The molecule has 21 heavy (non-hydrogen) atoms. The topological polar surface area (TPSA) is 53.5 Å². The smallest absolute Gasteiger partial charge is 0.273 e. The fourth-order valence-electron chi connectivity index (χ4n) is 3.22. The summed E-state index contributed by atoms with van der Waals surface area (Å²) in [6.45, 7) is 2.56. The average Bonchev–Trinajstić information content (AvgIpc) is 3.09. The van der Waals surface area contributed by atoms with Gasteiger partial charge in [0.1, 0.15) is 5.69 Å². The molecule has 1 aliphatic heterocycles. The third-order valence-corrected chi connectivity index (χ3v) is 5.07. The van der Waals surface area contributed by atoms with Crippen LogP contribution in [-0.2, 0) is 4.79 Å². The van der Waals surface area contributed by atoms with Crippen molar-refractivity contribution in [1.82, 2.24) is 14.8 Å². The zero-order valence-corrected chi connectivity index (χ0v) is 13.0. The van der Waals surface area contributed by atoms with Crippen molar-refractivity contribution in [3.05, 3.63) is 16.6 Å². The third kappa shape index (κ3) is 3.26. The molecule has 5 nitrogen and oxygen atoms in total. The molecule has 0 spiro atoms. The summed E-state index contributed by atoms with van der Waals surface area (Å²) in [5, 5.41) is 1.78. The number of thiazole rings is 1. The number of amides is 2. The van der Waals surface area contributed by atoms with Crippen molar-refractivity contribution in [3.63, 3.8) is 0 Å². The van der Waals surface area contributed by atoms with Crippen molar-refractivity contribution >= 4 is 23.2 Å². The van der Waals surface area contributed by atoms with E-state index in [4.69, 9.17) is 0 Å². The van der Waals surface area contributed by atoms with Crippen LogP contribution >= 0.6 is 11.3 Å². The number of rotatable bonds is 2. The van der Waals surface area contributed by atoms with Crippen LogP contribution in [0.4, 0.5) is 0 Å². The molecule has 3 rings (SSSR count). The zero-order chi connectivity index (χ0) is 14.7. The lowest BCUT2D eigenvalue weighted by atomic mass is 9.88. The molecule has 0 bridgehead atoms. The van der Waals surface area contributed by atoms with Crippen LogP contribution in [0.3, 0.4) is 0 Å². The minimum Gasteiger partial charge on any atom is -0.339 e. The minimum atomic E-state index is -0.0129. The Hall–Kier alpha value is -1.43. The number of nitrogens with zero attached hydrogens (tertiary/aromatic N) is 3. The molecule has 2 aliphatic rings. The van der Waals surface area contributed by atoms with Gasteiger partial charge in [-0.3, -0.25) is 9.59 Å². The van der Waals surface area contributed by atoms with Gasteiger partial charge >= 0.3 is 0 Å². The van der Waals surface area contributed by atoms with E-state index in [2.05, 4.69) is 4.98 Å². The van der Waals surface area contributed by atoms with Crippen molar-refractivity contribution in [2.24, 2.45) is 5.92 Å². The Morgan fingerprint density at radius 3 is 2.33 bits per heavy atom. The van der Waals surface area contributed by atoms with E-state index in [0.717, 1.165) is 12.8 Å². The molecule has 2 fully saturated rings. The van der Waals surface area contributed by atoms with Crippen LogP contribution in [0.25, 0.3) is 0 Å². The lowest BCUT2D eigenvalue weighted by Crippen LogP contribution is -2.52. The van der Waals surface area contributed by atoms with Gasteiger partial charge in [0, 0.05) is 37.5 Å². The van der Waals surface area contributed by atoms with Gasteiger partial charge in [-0.2, -0.15) is 0 Å². The fourth-order valence-corrected chi connectivity index (χ4v) is 3.74. The van der Waals surface area contributed by atoms with Gasteiger partial charge in [0.05, 0.1) is 5.51 Å². The van der Waals surface area contributed by atoms with E-state index >= 15 is 0 Å². The molecular formula is C15H21N3O2S. The molecule has 0 N–H and O–H groups in total. The van der Waals surface area contributed by atoms with E-state index in [1.807, 2.05) is 4.90 Å². The van der Waals surface area contributed by atoms with Crippen LogP contribution < -0.4 is 0 Å². The monoisotopic (exact) mass is 307 g/mol. The Morgan fingerprint density at radius 2 is 1.71 bits per heavy atom. The molecule has 0 atom stereocenters. The molecule has 2 amide bonds. The number of carbonyl (C=O) groups excluding carboxylic acids is 2. The van der Waals surface area contributed by atoms with E-state index in [-0.39, 0.29) is 11.8 Å². The second-order valence-electron chi connectivity index (χ2n) is 5.83. The first kappa shape index (κ1) is 14.5. The molecule has 6 heteroatoms. The lowest BCUT2D eigenvalue weighted by molar-refractivity contribution is -0.138. The second kappa shape index (κ2) is 6.56. The highest BCUT2D eigenvalue weighted by Gasteiger charge is 2.30. The van der Waals surface area contributed by atoms with Crippen LogP contribution in [0.1, 0.15) is 42.6 Å². The van der Waals surface area contributed by atoms with Crippen molar-refractivity contribution in [1.29, 1.82) is 0 Å². The third-order valence-electron chi connectivity index (χ3n) is 4.48. The van der Waals surface area contributed by atoms with Crippen LogP contribution in [-0.4, -0.2) is 52.8 Å². The molecule has 1 saturated heterocycles. The largest absolute Gasteiger partial charge is 0.339 e. The molecule has 1 aromatic heterocycles. The summed E-state index contributed by atoms with van der Waals surface area (Å²) in [7, 11) is 0. The minimum absolute atomic E-state index is 0.0129. The number of piperazine rings is 1. The molecule has 0 unspecified atom stereocenters. The summed E-state index contributed by atoms with van der Waals surface area (Å²) in [4.78, 5) is 32.5. The van der Waals surface area contributed by atoms with Gasteiger partial charge in [0.15, 0.2) is 0 Å². The number of hydrogen-bond donors (Lipinski definition) is 0. The van der Waals surface area contributed by atoms with Gasteiger partial charge in [-0.25, -0.2) is 4.98 Å². The van der Waals surface area contributed by atoms with Crippen molar-refractivity contribution in [2.75, 3.05) is 26.2 Å². The highest BCUT2D eigenvalue weighted by atomic mass is 32.1. The van der Waals surface area contributed by atoms with Gasteiger partial charge in [0.2, 0.25) is 5.91 Å². The Morgan fingerprint density at radius 1 is 1.05 bits per heavy atom. The number of aromatic nitrogens is 1. The van der Waals surface area contributed by atoms with E-state index in [1.165, 1.54) is 30.6 Å². The summed E-state index contributed by atoms with van der Waals surface area (Å²) in [6.07, 6.45) is 5.70. The number of carbonyl (C=O) groups is 2. The first-order chi connectivity index (χ1) is 10.3. The summed E-state index contributed by atoms with van der Waals surface area (Å²) in [5.74, 6) is 0.510. The van der Waals surface area contributed by atoms with Gasteiger partial charge in [-0.05, 0) is 12.8 Å². The van der Waals surface area contributed by atoms with Crippen molar-refractivity contribution in [2.45, 2.75) is 32.1 Å². The normalized spacial score (nSPS) is 20.6. The van der Waals surface area contributed by atoms with Crippen molar-refractivity contribution < 1.29 is 9.59 Å². The van der Waals surface area contributed by atoms with Gasteiger partial charge in [-0.15, -0.1) is 11.3 Å². The maximum atomic E-state index is 12.5. The SMILES string of the molecule is O=C(c1cscn1)N1CCN(C(=O)C2CCCCC2)CC1. The molecule has 1 saturated carbocycles. The molecular weight excluding hydrogens is 286 g/mol. The zero-order valence-electron chi connectivity index (χ0n) is 12.2. The van der Waals surface area contributed by atoms with Crippen LogP contribution in [0.15, 0.2) is 10.9 Å². The average molecular weight is 307 g/mol. The first-order valence-corrected chi connectivity index (χ1v) is 8.66. The summed E-state index contributed by atoms with van der Waals surface area (Å²) in [5.41, 5.74) is 2.20. The Bertz CT molecular complexity index is 489. The van der Waals surface area contributed by atoms with Crippen LogP contribution in [0, 0.1) is 5.92 Å². The van der Waals surface area contributed by atoms with E-state index in [9.17, 15) is 9.59 Å². The van der Waals surface area contributed by atoms with E-state index < -0.39 is 0 Å². The maximum absolute atomic E-state index is 12.5. The molecule has 0 radical (unpaired) electrons. The Balaban J connectivity index is 1.52. The highest BCUT2D eigenvalue weighted by Crippen LogP contribution is 2.25. The fraction of sp³-hybridized carbons (Fsp3) is 0.667. The highest BCUT2D eigenvalue weighted by molar-refractivity contribution is 7.07. The van der Waals surface area contributed by atoms with Crippen LogP contribution in [0.2, 0.25) is 0 Å². The lowest BCUT2D eigenvalue weighted by Gasteiger charge is -2.36. The number of hydrogen-bond acceptors (Lipinski definition) is 4. The molecule has 1 aromatic rings. The standard InChI is InChI=1S/C15H21N3O2S/c19-14(12-4-2-1-3-5-12)17-6-8-18(9-7-17)15(20)13-10-21-11-16-13/h10-12H,1-9H2. The predicted molar refractivity (Wildman–Crippen MR) is 81.2 cm³/mol. The van der Waals surface area contributed by atoms with Gasteiger partial charge in [-0.1, -0.05) is 19.3 Å². The second-order valence-corrected chi connectivity index (χ2v) is 6.54. The van der Waals surface area contributed by atoms with Gasteiger partial charge < -0.3 is 9.80 Å². The molecule has 114 valence electrons.